The molecule has 0 aromatic carbocycles. The second-order valence-corrected chi connectivity index (χ2v) is 3.99. The van der Waals surface area contributed by atoms with Crippen LogP contribution in [0.25, 0.3) is 0 Å². The lowest BCUT2D eigenvalue weighted by Gasteiger charge is -1.99. The maximum absolute atomic E-state index is 5.27. The molecule has 1 aromatic rings. The van der Waals surface area contributed by atoms with Gasteiger partial charge in [0.05, 0.1) is 6.54 Å². The lowest BCUT2D eigenvalue weighted by atomic mass is 10.2. The van der Waals surface area contributed by atoms with Gasteiger partial charge in [-0.25, -0.2) is 0 Å². The maximum atomic E-state index is 5.27. The van der Waals surface area contributed by atoms with Gasteiger partial charge >= 0.3 is 0 Å². The molecule has 1 N–H and O–H groups in total. The van der Waals surface area contributed by atoms with E-state index in [1.165, 1.54) is 19.3 Å². The minimum Gasteiger partial charge on any atom is -0.424 e. The minimum absolute atomic E-state index is 0.641. The van der Waals surface area contributed by atoms with Crippen LogP contribution in [-0.2, 0) is 6.54 Å². The fourth-order valence-corrected chi connectivity index (χ4v) is 1.81. The van der Waals surface area contributed by atoms with Crippen LogP contribution in [0.15, 0.2) is 4.42 Å². The summed E-state index contributed by atoms with van der Waals surface area (Å²) in [6.07, 6.45) is 3.92. The first-order chi connectivity index (χ1) is 6.79. The second kappa shape index (κ2) is 4.09. The van der Waals surface area contributed by atoms with E-state index in [0.29, 0.717) is 24.4 Å². The van der Waals surface area contributed by atoms with Crippen molar-refractivity contribution in [3.8, 4) is 0 Å². The third kappa shape index (κ3) is 2.32. The molecule has 0 aliphatic heterocycles. The van der Waals surface area contributed by atoms with Crippen molar-refractivity contribution in [2.45, 2.75) is 45.7 Å². The second-order valence-electron chi connectivity index (χ2n) is 3.99. The Labute approximate surface area is 84.1 Å². The van der Waals surface area contributed by atoms with Crippen LogP contribution in [0, 0.1) is 12.8 Å². The molecular weight excluding hydrogens is 178 g/mol. The monoisotopic (exact) mass is 195 g/mol. The Morgan fingerprint density at radius 2 is 2.36 bits per heavy atom. The summed E-state index contributed by atoms with van der Waals surface area (Å²) in [4.78, 5) is 0. The molecular formula is C10H17N3O. The van der Waals surface area contributed by atoms with Gasteiger partial charge in [-0.2, -0.15) is 0 Å². The summed E-state index contributed by atoms with van der Waals surface area (Å²) in [5.74, 6) is 2.22. The normalized spacial score (nSPS) is 25.3. The van der Waals surface area contributed by atoms with Gasteiger partial charge in [0.25, 0.3) is 0 Å². The van der Waals surface area contributed by atoms with E-state index in [-0.39, 0.29) is 0 Å². The van der Waals surface area contributed by atoms with Crippen molar-refractivity contribution in [1.82, 2.24) is 15.5 Å². The number of nitrogens with one attached hydrogen (secondary N) is 1. The van der Waals surface area contributed by atoms with Crippen LogP contribution in [0.3, 0.4) is 0 Å². The molecule has 0 radical (unpaired) electrons. The largest absolute Gasteiger partial charge is 0.424 e. The molecule has 1 heterocycles. The van der Waals surface area contributed by atoms with Gasteiger partial charge in [0, 0.05) is 13.0 Å². The highest BCUT2D eigenvalue weighted by molar-refractivity contribution is 4.93. The molecule has 0 amide bonds. The number of aromatic nitrogens is 2. The summed E-state index contributed by atoms with van der Waals surface area (Å²) in [5, 5.41) is 11.1. The highest BCUT2D eigenvalue weighted by Gasteiger charge is 2.35. The highest BCUT2D eigenvalue weighted by Crippen LogP contribution is 2.34. The number of hydrogen-bond donors (Lipinski definition) is 1. The zero-order chi connectivity index (χ0) is 9.97. The van der Waals surface area contributed by atoms with E-state index < -0.39 is 0 Å². The molecule has 1 aliphatic rings. The smallest absolute Gasteiger partial charge is 0.230 e. The summed E-state index contributed by atoms with van der Waals surface area (Å²) in [6.45, 7) is 4.76. The Hall–Kier alpha value is -0.900. The fraction of sp³-hybridized carbons (Fsp3) is 0.800. The highest BCUT2D eigenvalue weighted by atomic mass is 16.4. The number of nitrogens with zero attached hydrogens (tertiary/aromatic N) is 2. The first-order valence-electron chi connectivity index (χ1n) is 5.32. The molecule has 78 valence electrons. The van der Waals surface area contributed by atoms with Crippen LogP contribution in [0.4, 0.5) is 0 Å². The van der Waals surface area contributed by atoms with Crippen LogP contribution in [0.5, 0.6) is 0 Å². The third-order valence-corrected chi connectivity index (χ3v) is 2.67. The lowest BCUT2D eigenvalue weighted by Crippen LogP contribution is -2.17. The summed E-state index contributed by atoms with van der Waals surface area (Å²) < 4.78 is 5.27. The van der Waals surface area contributed by atoms with Crippen molar-refractivity contribution in [2.24, 2.45) is 5.92 Å². The molecule has 2 unspecified atom stereocenters. The Bertz CT molecular complexity index is 297. The van der Waals surface area contributed by atoms with Crippen molar-refractivity contribution in [2.75, 3.05) is 0 Å². The minimum atomic E-state index is 0.641. The summed E-state index contributed by atoms with van der Waals surface area (Å²) >= 11 is 0. The first-order valence-corrected chi connectivity index (χ1v) is 5.32. The van der Waals surface area contributed by atoms with E-state index in [0.717, 1.165) is 5.92 Å². The molecule has 1 saturated carbocycles. The number of rotatable bonds is 5. The van der Waals surface area contributed by atoms with Crippen LogP contribution in [0.2, 0.25) is 0 Å². The van der Waals surface area contributed by atoms with Crippen molar-refractivity contribution in [3.05, 3.63) is 11.8 Å². The van der Waals surface area contributed by atoms with Gasteiger partial charge in [0.1, 0.15) is 0 Å². The fourth-order valence-electron chi connectivity index (χ4n) is 1.81. The molecule has 2 rings (SSSR count). The van der Waals surface area contributed by atoms with Crippen molar-refractivity contribution in [1.29, 1.82) is 0 Å². The van der Waals surface area contributed by atoms with Crippen molar-refractivity contribution >= 4 is 0 Å². The Kier molecular flexibility index (Phi) is 2.82. The topological polar surface area (TPSA) is 51.0 Å². The van der Waals surface area contributed by atoms with Crippen LogP contribution >= 0.6 is 0 Å². The molecule has 4 heteroatoms. The van der Waals surface area contributed by atoms with Crippen molar-refractivity contribution in [3.63, 3.8) is 0 Å². The quantitative estimate of drug-likeness (QED) is 0.776. The predicted octanol–water partition coefficient (Wildman–Crippen LogP) is 1.66. The average molecular weight is 195 g/mol. The maximum Gasteiger partial charge on any atom is 0.230 e. The summed E-state index contributed by atoms with van der Waals surface area (Å²) in [7, 11) is 0. The predicted molar refractivity (Wildman–Crippen MR) is 52.7 cm³/mol. The van der Waals surface area contributed by atoms with Crippen LogP contribution < -0.4 is 5.32 Å². The first kappa shape index (κ1) is 9.65. The van der Waals surface area contributed by atoms with Gasteiger partial charge in [-0.3, -0.25) is 0 Å². The van der Waals surface area contributed by atoms with Gasteiger partial charge < -0.3 is 9.73 Å². The standard InChI is InChI=1S/C10H17N3O/c1-3-4-8-5-9(8)11-6-10-13-12-7(2)14-10/h8-9,11H,3-6H2,1-2H3. The van der Waals surface area contributed by atoms with Gasteiger partial charge in [0.2, 0.25) is 11.8 Å². The lowest BCUT2D eigenvalue weighted by molar-refractivity contribution is 0.441. The van der Waals surface area contributed by atoms with Gasteiger partial charge in [0.15, 0.2) is 0 Å². The SMILES string of the molecule is CCCC1CC1NCc1nnc(C)o1. The Morgan fingerprint density at radius 1 is 1.50 bits per heavy atom. The van der Waals surface area contributed by atoms with E-state index in [9.17, 15) is 0 Å². The number of aryl methyl sites for hydroxylation is 1. The summed E-state index contributed by atoms with van der Waals surface area (Å²) in [6, 6.07) is 0.683. The molecule has 0 bridgehead atoms. The molecule has 0 spiro atoms. The van der Waals surface area contributed by atoms with E-state index >= 15 is 0 Å². The van der Waals surface area contributed by atoms with Gasteiger partial charge in [-0.1, -0.05) is 13.3 Å². The molecule has 1 aliphatic carbocycles. The van der Waals surface area contributed by atoms with Crippen molar-refractivity contribution < 1.29 is 4.42 Å². The Morgan fingerprint density at radius 3 is 3.00 bits per heavy atom. The number of hydrogen-bond acceptors (Lipinski definition) is 4. The third-order valence-electron chi connectivity index (χ3n) is 2.67. The molecule has 1 fully saturated rings. The van der Waals surface area contributed by atoms with Gasteiger partial charge in [-0.05, 0) is 18.8 Å². The van der Waals surface area contributed by atoms with E-state index in [2.05, 4.69) is 22.4 Å². The zero-order valence-electron chi connectivity index (χ0n) is 8.79. The van der Waals surface area contributed by atoms with Crippen LogP contribution in [0.1, 0.15) is 38.0 Å². The Balaban J connectivity index is 1.69. The summed E-state index contributed by atoms with van der Waals surface area (Å²) in [5.41, 5.74) is 0. The molecule has 4 nitrogen and oxygen atoms in total. The molecule has 14 heavy (non-hydrogen) atoms. The molecule has 1 aromatic heterocycles. The molecule has 0 saturated heterocycles. The van der Waals surface area contributed by atoms with Crippen LogP contribution in [-0.4, -0.2) is 16.2 Å². The van der Waals surface area contributed by atoms with Gasteiger partial charge in [-0.15, -0.1) is 10.2 Å². The zero-order valence-corrected chi connectivity index (χ0v) is 8.79. The average Bonchev–Trinajstić information content (AvgIpc) is 2.77. The van der Waals surface area contributed by atoms with E-state index in [4.69, 9.17) is 4.42 Å². The van der Waals surface area contributed by atoms with E-state index in [1.807, 2.05) is 6.92 Å². The molecule has 2 atom stereocenters. The van der Waals surface area contributed by atoms with E-state index in [1.54, 1.807) is 0 Å².